The van der Waals surface area contributed by atoms with Crippen molar-refractivity contribution in [2.45, 2.75) is 6.92 Å². The van der Waals surface area contributed by atoms with Crippen LogP contribution in [0.15, 0.2) is 53.0 Å². The fourth-order valence-corrected chi connectivity index (χ4v) is 4.95. The number of hydrogen-bond acceptors (Lipinski definition) is 7. The van der Waals surface area contributed by atoms with E-state index in [4.69, 9.17) is 10.5 Å². The fraction of sp³-hybridized carbons (Fsp3) is 0.238. The number of para-hydroxylation sites is 1. The molecule has 0 bridgehead atoms. The van der Waals surface area contributed by atoms with E-state index in [1.165, 1.54) is 11.3 Å². The largest absolute Gasteiger partial charge is 0.382 e. The SMILES string of the molecule is Cc1cccc(Br)c1C(=O)c1sc(N(c2ccccc2)N2CCOCC2)nc1N. The number of nitrogen functional groups attached to an aromatic ring is 1. The maximum Gasteiger partial charge on any atom is 0.208 e. The molecule has 2 N–H and O–H groups in total. The summed E-state index contributed by atoms with van der Waals surface area (Å²) in [6, 6.07) is 15.7. The van der Waals surface area contributed by atoms with Crippen molar-refractivity contribution in [3.8, 4) is 0 Å². The molecule has 0 aliphatic carbocycles. The highest BCUT2D eigenvalue weighted by atomic mass is 79.9. The van der Waals surface area contributed by atoms with Crippen LogP contribution in [0.5, 0.6) is 0 Å². The molecule has 2 heterocycles. The topological polar surface area (TPSA) is 71.7 Å². The lowest BCUT2D eigenvalue weighted by Gasteiger charge is -2.36. The van der Waals surface area contributed by atoms with Crippen molar-refractivity contribution in [2.75, 3.05) is 37.0 Å². The van der Waals surface area contributed by atoms with E-state index in [2.05, 4.69) is 25.9 Å². The number of benzene rings is 2. The first-order valence-electron chi connectivity index (χ1n) is 9.30. The van der Waals surface area contributed by atoms with Crippen LogP contribution < -0.4 is 10.7 Å². The number of halogens is 1. The third-order valence-electron chi connectivity index (χ3n) is 4.75. The highest BCUT2D eigenvalue weighted by molar-refractivity contribution is 9.10. The van der Waals surface area contributed by atoms with E-state index in [0.717, 1.165) is 28.8 Å². The Balaban J connectivity index is 1.75. The van der Waals surface area contributed by atoms with Gasteiger partial charge in [-0.1, -0.05) is 57.6 Å². The second-order valence-electron chi connectivity index (χ2n) is 6.69. The van der Waals surface area contributed by atoms with Crippen molar-refractivity contribution in [3.63, 3.8) is 0 Å². The Morgan fingerprint density at radius 3 is 2.59 bits per heavy atom. The van der Waals surface area contributed by atoms with Crippen molar-refractivity contribution in [1.29, 1.82) is 0 Å². The van der Waals surface area contributed by atoms with Gasteiger partial charge in [-0.05, 0) is 30.7 Å². The Morgan fingerprint density at radius 1 is 1.17 bits per heavy atom. The number of hydrazine groups is 1. The number of nitrogens with two attached hydrogens (primary N) is 1. The Hall–Kier alpha value is -2.26. The number of aryl methyl sites for hydroxylation is 1. The minimum atomic E-state index is -0.119. The van der Waals surface area contributed by atoms with Crippen LogP contribution in [0, 0.1) is 6.92 Å². The molecule has 29 heavy (non-hydrogen) atoms. The van der Waals surface area contributed by atoms with Crippen LogP contribution in [0.25, 0.3) is 0 Å². The van der Waals surface area contributed by atoms with E-state index in [1.807, 2.05) is 60.5 Å². The predicted octanol–water partition coefficient (Wildman–Crippen LogP) is 4.41. The quantitative estimate of drug-likeness (QED) is 0.554. The molecule has 2 aromatic carbocycles. The van der Waals surface area contributed by atoms with Gasteiger partial charge >= 0.3 is 0 Å². The summed E-state index contributed by atoms with van der Waals surface area (Å²) in [7, 11) is 0. The monoisotopic (exact) mass is 472 g/mol. The fourth-order valence-electron chi connectivity index (χ4n) is 3.32. The highest BCUT2D eigenvalue weighted by Gasteiger charge is 2.27. The zero-order valence-corrected chi connectivity index (χ0v) is 18.4. The molecule has 0 radical (unpaired) electrons. The van der Waals surface area contributed by atoms with Gasteiger partial charge in [0.2, 0.25) is 10.9 Å². The van der Waals surface area contributed by atoms with E-state index >= 15 is 0 Å². The summed E-state index contributed by atoms with van der Waals surface area (Å²) in [5, 5.41) is 4.88. The van der Waals surface area contributed by atoms with Crippen molar-refractivity contribution < 1.29 is 9.53 Å². The van der Waals surface area contributed by atoms with Crippen LogP contribution in [0.4, 0.5) is 16.6 Å². The first kappa shape index (κ1) is 20.0. The first-order chi connectivity index (χ1) is 14.1. The standard InChI is InChI=1S/C21H21BrN4O2S/c1-14-6-5-9-16(22)17(14)18(27)19-20(23)24-21(29-19)26(15-7-3-2-4-8-15)25-10-12-28-13-11-25/h2-9H,10-13,23H2,1H3. The number of thiazole rings is 1. The Kier molecular flexibility index (Phi) is 5.96. The molecular formula is C21H21BrN4O2S. The van der Waals surface area contributed by atoms with Gasteiger partial charge in [-0.25, -0.2) is 15.0 Å². The highest BCUT2D eigenvalue weighted by Crippen LogP contribution is 2.37. The maximum atomic E-state index is 13.3. The third-order valence-corrected chi connectivity index (χ3v) is 6.46. The maximum absolute atomic E-state index is 13.3. The second kappa shape index (κ2) is 8.62. The molecule has 0 atom stereocenters. The molecule has 0 amide bonds. The Morgan fingerprint density at radius 2 is 1.90 bits per heavy atom. The molecule has 1 aliphatic heterocycles. The number of aromatic nitrogens is 1. The van der Waals surface area contributed by atoms with Gasteiger partial charge in [0.15, 0.2) is 0 Å². The third kappa shape index (κ3) is 4.06. The molecule has 0 spiro atoms. The van der Waals surface area contributed by atoms with Crippen LogP contribution in [-0.2, 0) is 4.74 Å². The van der Waals surface area contributed by atoms with E-state index in [-0.39, 0.29) is 11.6 Å². The molecule has 1 aromatic heterocycles. The summed E-state index contributed by atoms with van der Waals surface area (Å²) in [5.74, 6) is 0.130. The molecule has 0 unspecified atom stereocenters. The lowest BCUT2D eigenvalue weighted by atomic mass is 10.0. The molecule has 8 heteroatoms. The average molecular weight is 473 g/mol. The van der Waals surface area contributed by atoms with Gasteiger partial charge < -0.3 is 10.5 Å². The van der Waals surface area contributed by atoms with Crippen LogP contribution in [-0.4, -0.2) is 42.1 Å². The summed E-state index contributed by atoms with van der Waals surface area (Å²) in [4.78, 5) is 18.3. The summed E-state index contributed by atoms with van der Waals surface area (Å²) in [5.41, 5.74) is 8.70. The van der Waals surface area contributed by atoms with E-state index in [0.29, 0.717) is 28.8 Å². The van der Waals surface area contributed by atoms with E-state index in [1.54, 1.807) is 0 Å². The minimum Gasteiger partial charge on any atom is -0.382 e. The smallest absolute Gasteiger partial charge is 0.208 e. The Bertz CT molecular complexity index is 999. The van der Waals surface area contributed by atoms with Gasteiger partial charge in [0, 0.05) is 23.1 Å². The molecule has 0 saturated carbocycles. The molecule has 150 valence electrons. The number of carbonyl (C=O) groups excluding carboxylic acids is 1. The van der Waals surface area contributed by atoms with E-state index < -0.39 is 0 Å². The van der Waals surface area contributed by atoms with Crippen LogP contribution in [0.3, 0.4) is 0 Å². The molecule has 1 aliphatic rings. The summed E-state index contributed by atoms with van der Waals surface area (Å²) in [6.07, 6.45) is 0. The summed E-state index contributed by atoms with van der Waals surface area (Å²) >= 11 is 4.81. The number of ketones is 1. The van der Waals surface area contributed by atoms with Crippen molar-refractivity contribution in [2.24, 2.45) is 0 Å². The molecule has 1 fully saturated rings. The number of ether oxygens (including phenoxy) is 1. The molecule has 6 nitrogen and oxygen atoms in total. The van der Waals surface area contributed by atoms with Crippen LogP contribution in [0.1, 0.15) is 20.8 Å². The molecule has 3 aromatic rings. The van der Waals surface area contributed by atoms with Crippen molar-refractivity contribution in [3.05, 3.63) is 69.0 Å². The number of rotatable bonds is 5. The predicted molar refractivity (Wildman–Crippen MR) is 120 cm³/mol. The van der Waals surface area contributed by atoms with Crippen LogP contribution in [0.2, 0.25) is 0 Å². The number of morpholine rings is 1. The van der Waals surface area contributed by atoms with Crippen molar-refractivity contribution >= 4 is 49.7 Å². The zero-order chi connectivity index (χ0) is 20.4. The van der Waals surface area contributed by atoms with Gasteiger partial charge in [0.1, 0.15) is 10.7 Å². The van der Waals surface area contributed by atoms with Gasteiger partial charge in [-0.2, -0.15) is 0 Å². The zero-order valence-electron chi connectivity index (χ0n) is 16.0. The minimum absolute atomic E-state index is 0.119. The molecule has 4 rings (SSSR count). The average Bonchev–Trinajstić information content (AvgIpc) is 3.10. The van der Waals surface area contributed by atoms with E-state index in [9.17, 15) is 4.79 Å². The van der Waals surface area contributed by atoms with Gasteiger partial charge in [0.05, 0.1) is 18.9 Å². The van der Waals surface area contributed by atoms with Gasteiger partial charge in [0.25, 0.3) is 0 Å². The van der Waals surface area contributed by atoms with Gasteiger partial charge in [-0.15, -0.1) is 0 Å². The second-order valence-corrected chi connectivity index (χ2v) is 8.52. The lowest BCUT2D eigenvalue weighted by Crippen LogP contribution is -2.46. The summed E-state index contributed by atoms with van der Waals surface area (Å²) < 4.78 is 6.26. The number of anilines is 3. The molecular weight excluding hydrogens is 452 g/mol. The first-order valence-corrected chi connectivity index (χ1v) is 10.9. The van der Waals surface area contributed by atoms with Gasteiger partial charge in [-0.3, -0.25) is 4.79 Å². The molecule has 1 saturated heterocycles. The summed E-state index contributed by atoms with van der Waals surface area (Å²) in [6.45, 7) is 4.68. The van der Waals surface area contributed by atoms with Crippen molar-refractivity contribution in [1.82, 2.24) is 9.99 Å². The number of nitrogens with zero attached hydrogens (tertiary/aromatic N) is 3. The normalized spacial score (nSPS) is 14.7. The number of carbonyl (C=O) groups is 1. The number of hydrogen-bond donors (Lipinski definition) is 1. The Labute approximate surface area is 182 Å². The lowest BCUT2D eigenvalue weighted by molar-refractivity contribution is 0.0378. The van der Waals surface area contributed by atoms with Crippen LogP contribution >= 0.6 is 27.3 Å².